The van der Waals surface area contributed by atoms with Gasteiger partial charge in [0.2, 0.25) is 5.91 Å². The van der Waals surface area contributed by atoms with E-state index >= 15 is 0 Å². The highest BCUT2D eigenvalue weighted by atomic mass is 35.5. The van der Waals surface area contributed by atoms with Gasteiger partial charge in [-0.1, -0.05) is 6.92 Å². The minimum Gasteiger partial charge on any atom is -0.326 e. The van der Waals surface area contributed by atoms with Crippen molar-refractivity contribution in [3.05, 3.63) is 24.4 Å². The Morgan fingerprint density at radius 3 is 2.90 bits per heavy atom. The number of carbonyl (C=O) groups excluding carboxylic acids is 1. The first-order chi connectivity index (χ1) is 9.69. The summed E-state index contributed by atoms with van der Waals surface area (Å²) in [6.45, 7) is 6.76. The molecule has 1 aromatic carbocycles. The number of hydrogen-bond donors (Lipinski definition) is 2. The Bertz CT molecular complexity index is 636. The maximum atomic E-state index is 12.2. The van der Waals surface area contributed by atoms with Crippen LogP contribution in [-0.2, 0) is 11.3 Å². The number of rotatable bonds is 4. The fourth-order valence-electron chi connectivity index (χ4n) is 2.53. The maximum Gasteiger partial charge on any atom is 0.227 e. The average Bonchev–Trinajstić information content (AvgIpc) is 2.78. The van der Waals surface area contributed by atoms with Crippen molar-refractivity contribution in [2.75, 3.05) is 18.4 Å². The van der Waals surface area contributed by atoms with E-state index in [0.29, 0.717) is 5.92 Å². The smallest absolute Gasteiger partial charge is 0.227 e. The number of carbonyl (C=O) groups is 1. The van der Waals surface area contributed by atoms with Crippen molar-refractivity contribution in [1.29, 1.82) is 0 Å². The van der Waals surface area contributed by atoms with Gasteiger partial charge in [0.15, 0.2) is 0 Å². The van der Waals surface area contributed by atoms with E-state index in [2.05, 4.69) is 22.7 Å². The molecule has 0 aliphatic carbocycles. The van der Waals surface area contributed by atoms with E-state index in [1.807, 2.05) is 36.0 Å². The molecule has 2 aromatic rings. The molecule has 0 bridgehead atoms. The molecule has 0 spiro atoms. The number of aryl methyl sites for hydroxylation is 1. The van der Waals surface area contributed by atoms with E-state index in [1.54, 1.807) is 0 Å². The van der Waals surface area contributed by atoms with Crippen LogP contribution in [0.4, 0.5) is 5.69 Å². The van der Waals surface area contributed by atoms with E-state index < -0.39 is 0 Å². The third-order valence-electron chi connectivity index (χ3n) is 4.15. The fourth-order valence-corrected chi connectivity index (χ4v) is 2.53. The maximum absolute atomic E-state index is 12.2. The monoisotopic (exact) mass is 308 g/mol. The second-order valence-corrected chi connectivity index (χ2v) is 5.43. The molecule has 21 heavy (non-hydrogen) atoms. The van der Waals surface area contributed by atoms with Crippen LogP contribution >= 0.6 is 12.4 Å². The van der Waals surface area contributed by atoms with Crippen LogP contribution < -0.4 is 10.6 Å². The number of halogens is 1. The number of anilines is 1. The number of nitrogens with one attached hydrogen (secondary N) is 2. The van der Waals surface area contributed by atoms with E-state index in [-0.39, 0.29) is 24.2 Å². The van der Waals surface area contributed by atoms with E-state index in [9.17, 15) is 4.79 Å². The fraction of sp³-hybridized carbons (Fsp3) is 0.467. The molecule has 2 heterocycles. The van der Waals surface area contributed by atoms with Crippen LogP contribution in [0.15, 0.2) is 24.4 Å². The number of aromatic nitrogens is 2. The largest absolute Gasteiger partial charge is 0.326 e. The molecule has 1 aliphatic heterocycles. The minimum atomic E-state index is 0. The van der Waals surface area contributed by atoms with Gasteiger partial charge in [0.25, 0.3) is 0 Å². The van der Waals surface area contributed by atoms with Crippen LogP contribution in [0.25, 0.3) is 10.9 Å². The van der Waals surface area contributed by atoms with Crippen LogP contribution in [0, 0.1) is 11.8 Å². The summed E-state index contributed by atoms with van der Waals surface area (Å²) in [5, 5.41) is 11.6. The Balaban J connectivity index is 0.00000161. The Morgan fingerprint density at radius 1 is 1.52 bits per heavy atom. The van der Waals surface area contributed by atoms with Crippen LogP contribution in [0.3, 0.4) is 0 Å². The summed E-state index contributed by atoms with van der Waals surface area (Å²) in [6.07, 6.45) is 1.85. The summed E-state index contributed by atoms with van der Waals surface area (Å²) in [4.78, 5) is 12.2. The number of nitrogens with zero attached hydrogens (tertiary/aromatic N) is 2. The van der Waals surface area contributed by atoms with Crippen LogP contribution in [0.2, 0.25) is 0 Å². The van der Waals surface area contributed by atoms with Gasteiger partial charge in [0.1, 0.15) is 0 Å². The molecule has 2 N–H and O–H groups in total. The molecule has 1 aromatic heterocycles. The average molecular weight is 309 g/mol. The van der Waals surface area contributed by atoms with Crippen molar-refractivity contribution in [3.63, 3.8) is 0 Å². The van der Waals surface area contributed by atoms with Gasteiger partial charge in [-0.2, -0.15) is 5.10 Å². The van der Waals surface area contributed by atoms with Crippen molar-refractivity contribution >= 4 is 34.9 Å². The first-order valence-corrected chi connectivity index (χ1v) is 7.16. The van der Waals surface area contributed by atoms with Crippen molar-refractivity contribution < 1.29 is 4.79 Å². The van der Waals surface area contributed by atoms with Crippen molar-refractivity contribution in [1.82, 2.24) is 15.1 Å². The molecule has 5 nitrogen and oxygen atoms in total. The van der Waals surface area contributed by atoms with Crippen molar-refractivity contribution in [3.8, 4) is 0 Å². The summed E-state index contributed by atoms with van der Waals surface area (Å²) in [5.74, 6) is 0.598. The van der Waals surface area contributed by atoms with Gasteiger partial charge in [-0.25, -0.2) is 0 Å². The zero-order chi connectivity index (χ0) is 14.1. The van der Waals surface area contributed by atoms with E-state index in [4.69, 9.17) is 0 Å². The van der Waals surface area contributed by atoms with E-state index in [1.165, 1.54) is 0 Å². The van der Waals surface area contributed by atoms with Crippen LogP contribution in [0.5, 0.6) is 0 Å². The van der Waals surface area contributed by atoms with Crippen molar-refractivity contribution in [2.24, 2.45) is 11.8 Å². The summed E-state index contributed by atoms with van der Waals surface area (Å²) in [5.41, 5.74) is 1.90. The van der Waals surface area contributed by atoms with E-state index in [0.717, 1.165) is 36.2 Å². The summed E-state index contributed by atoms with van der Waals surface area (Å²) >= 11 is 0. The van der Waals surface area contributed by atoms with Crippen LogP contribution in [0.1, 0.15) is 13.8 Å². The molecule has 1 saturated heterocycles. The molecule has 114 valence electrons. The first kappa shape index (κ1) is 15.8. The Labute approximate surface area is 130 Å². The molecule has 1 amide bonds. The van der Waals surface area contributed by atoms with Crippen LogP contribution in [-0.4, -0.2) is 28.8 Å². The number of fused-ring (bicyclic) bond motifs is 1. The van der Waals surface area contributed by atoms with Gasteiger partial charge in [0, 0.05) is 23.5 Å². The van der Waals surface area contributed by atoms with Crippen molar-refractivity contribution in [2.45, 2.75) is 20.4 Å². The summed E-state index contributed by atoms with van der Waals surface area (Å²) in [6, 6.07) is 5.93. The lowest BCUT2D eigenvalue weighted by atomic mass is 9.88. The standard InChI is InChI=1S/C15H20N4O.ClH/c1-3-19-14-6-13(5-4-11(14)9-17-19)18-15(20)10(2)12-7-16-8-12;/h4-6,9-10,12,16H,3,7-8H2,1-2H3,(H,18,20);1H. The SMILES string of the molecule is CCn1ncc2ccc(NC(=O)C(C)C3CNC3)cc21.Cl. The zero-order valence-electron chi connectivity index (χ0n) is 12.3. The van der Waals surface area contributed by atoms with Gasteiger partial charge in [-0.15, -0.1) is 12.4 Å². The first-order valence-electron chi connectivity index (χ1n) is 7.16. The number of amides is 1. The third kappa shape index (κ3) is 3.04. The summed E-state index contributed by atoms with van der Waals surface area (Å²) < 4.78 is 1.93. The van der Waals surface area contributed by atoms with Gasteiger partial charge in [0.05, 0.1) is 11.7 Å². The molecular weight excluding hydrogens is 288 g/mol. The second-order valence-electron chi connectivity index (χ2n) is 5.43. The minimum absolute atomic E-state index is 0. The number of benzene rings is 1. The van der Waals surface area contributed by atoms with Gasteiger partial charge in [-0.3, -0.25) is 9.48 Å². The Hall–Kier alpha value is -1.59. The number of hydrogen-bond acceptors (Lipinski definition) is 3. The molecule has 1 fully saturated rings. The normalized spacial score (nSPS) is 16.1. The lowest BCUT2D eigenvalue weighted by Gasteiger charge is -2.31. The molecular formula is C15H21ClN4O. The molecule has 6 heteroatoms. The molecule has 0 radical (unpaired) electrons. The molecule has 1 unspecified atom stereocenters. The summed E-state index contributed by atoms with van der Waals surface area (Å²) in [7, 11) is 0. The lowest BCUT2D eigenvalue weighted by molar-refractivity contribution is -0.121. The molecule has 0 saturated carbocycles. The Kier molecular flexibility index (Phi) is 4.85. The predicted octanol–water partition coefficient (Wildman–Crippen LogP) is 2.27. The Morgan fingerprint density at radius 2 is 2.29 bits per heavy atom. The topological polar surface area (TPSA) is 59.0 Å². The zero-order valence-corrected chi connectivity index (χ0v) is 13.1. The van der Waals surface area contributed by atoms with Gasteiger partial charge in [-0.05, 0) is 44.1 Å². The van der Waals surface area contributed by atoms with Gasteiger partial charge < -0.3 is 10.6 Å². The van der Waals surface area contributed by atoms with Gasteiger partial charge >= 0.3 is 0 Å². The highest BCUT2D eigenvalue weighted by Crippen LogP contribution is 2.21. The molecule has 3 rings (SSSR count). The highest BCUT2D eigenvalue weighted by molar-refractivity contribution is 5.95. The highest BCUT2D eigenvalue weighted by Gasteiger charge is 2.28. The molecule has 1 atom stereocenters. The predicted molar refractivity (Wildman–Crippen MR) is 86.8 cm³/mol. The quantitative estimate of drug-likeness (QED) is 0.911. The lowest BCUT2D eigenvalue weighted by Crippen LogP contribution is -2.48. The second kappa shape index (κ2) is 6.45. The third-order valence-corrected chi connectivity index (χ3v) is 4.15. The molecule has 1 aliphatic rings.